The maximum Gasteiger partial charge on any atom is 0.222 e. The van der Waals surface area contributed by atoms with E-state index in [2.05, 4.69) is 21.9 Å². The van der Waals surface area contributed by atoms with Gasteiger partial charge >= 0.3 is 0 Å². The summed E-state index contributed by atoms with van der Waals surface area (Å²) in [5.74, 6) is 0.739. The summed E-state index contributed by atoms with van der Waals surface area (Å²) in [6, 6.07) is 1.91. The molecule has 0 amide bonds. The maximum atomic E-state index is 5.82. The van der Waals surface area contributed by atoms with Crippen molar-refractivity contribution in [2.45, 2.75) is 20.3 Å². The lowest BCUT2D eigenvalue weighted by atomic mass is 10.1. The van der Waals surface area contributed by atoms with Gasteiger partial charge in [-0.05, 0) is 36.6 Å². The van der Waals surface area contributed by atoms with Crippen molar-refractivity contribution in [3.8, 4) is 17.0 Å². The van der Waals surface area contributed by atoms with E-state index in [1.165, 1.54) is 0 Å². The van der Waals surface area contributed by atoms with Gasteiger partial charge in [-0.3, -0.25) is 4.98 Å². The van der Waals surface area contributed by atoms with Crippen LogP contribution in [0.1, 0.15) is 18.9 Å². The quantitative estimate of drug-likeness (QED) is 0.794. The van der Waals surface area contributed by atoms with Gasteiger partial charge < -0.3 is 4.74 Å². The minimum atomic E-state index is 0.232. The molecule has 18 heavy (non-hydrogen) atoms. The Kier molecular flexibility index (Phi) is 4.10. The van der Waals surface area contributed by atoms with Crippen LogP contribution in [-0.2, 0) is 0 Å². The van der Waals surface area contributed by atoms with Crippen LogP contribution < -0.4 is 4.74 Å². The molecule has 0 aliphatic heterocycles. The molecule has 4 nitrogen and oxygen atoms in total. The van der Waals surface area contributed by atoms with Crippen molar-refractivity contribution >= 4 is 11.6 Å². The summed E-state index contributed by atoms with van der Waals surface area (Å²) in [7, 11) is 0. The highest BCUT2D eigenvalue weighted by Crippen LogP contribution is 2.24. The average Bonchev–Trinajstić information content (AvgIpc) is 2.39. The third kappa shape index (κ3) is 2.96. The Morgan fingerprint density at radius 3 is 2.89 bits per heavy atom. The van der Waals surface area contributed by atoms with E-state index in [9.17, 15) is 0 Å². The smallest absolute Gasteiger partial charge is 0.222 e. The first-order valence-corrected chi connectivity index (χ1v) is 6.16. The Hall–Kier alpha value is -1.68. The highest BCUT2D eigenvalue weighted by Gasteiger charge is 2.07. The normalized spacial score (nSPS) is 10.4. The van der Waals surface area contributed by atoms with Crippen molar-refractivity contribution in [1.29, 1.82) is 0 Å². The fourth-order valence-corrected chi connectivity index (χ4v) is 1.69. The second-order valence-electron chi connectivity index (χ2n) is 3.93. The monoisotopic (exact) mass is 263 g/mol. The molecule has 2 heterocycles. The van der Waals surface area contributed by atoms with Crippen molar-refractivity contribution in [3.05, 3.63) is 35.5 Å². The van der Waals surface area contributed by atoms with E-state index in [1.54, 1.807) is 18.6 Å². The number of pyridine rings is 1. The number of aryl methyl sites for hydroxylation is 1. The minimum absolute atomic E-state index is 0.232. The first kappa shape index (κ1) is 12.8. The second-order valence-corrected chi connectivity index (χ2v) is 4.27. The lowest BCUT2D eigenvalue weighted by molar-refractivity contribution is 0.316. The molecule has 2 rings (SSSR count). The molecular formula is C13H14ClN3O. The molecule has 0 fully saturated rings. The summed E-state index contributed by atoms with van der Waals surface area (Å²) in [6.07, 6.45) is 6.09. The van der Waals surface area contributed by atoms with Crippen molar-refractivity contribution in [3.63, 3.8) is 0 Å². The fraction of sp³-hybridized carbons (Fsp3) is 0.308. The van der Waals surface area contributed by atoms with Crippen LogP contribution in [0.3, 0.4) is 0 Å². The number of hydrogen-bond donors (Lipinski definition) is 0. The van der Waals surface area contributed by atoms with E-state index < -0.39 is 0 Å². The number of nitrogens with zero attached hydrogens (tertiary/aromatic N) is 3. The molecule has 0 saturated heterocycles. The zero-order valence-corrected chi connectivity index (χ0v) is 11.1. The van der Waals surface area contributed by atoms with Gasteiger partial charge in [-0.1, -0.05) is 6.92 Å². The van der Waals surface area contributed by atoms with Crippen LogP contribution in [0.2, 0.25) is 5.28 Å². The van der Waals surface area contributed by atoms with Crippen LogP contribution in [-0.4, -0.2) is 21.6 Å². The van der Waals surface area contributed by atoms with E-state index in [0.29, 0.717) is 6.61 Å². The molecule has 0 N–H and O–H groups in total. The lowest BCUT2D eigenvalue weighted by Crippen LogP contribution is -1.97. The standard InChI is InChI=1S/C13H14ClN3O/c1-3-4-18-11-5-10(7-15-8-11)12-9(2)6-16-13(14)17-12/h5-8H,3-4H2,1-2H3. The number of ether oxygens (including phenoxy) is 1. The van der Waals surface area contributed by atoms with Gasteiger partial charge in [0.2, 0.25) is 5.28 Å². The van der Waals surface area contributed by atoms with Crippen molar-refractivity contribution in [2.24, 2.45) is 0 Å². The van der Waals surface area contributed by atoms with E-state index in [4.69, 9.17) is 16.3 Å². The number of halogens is 1. The Labute approximate surface area is 111 Å². The molecule has 0 aliphatic carbocycles. The van der Waals surface area contributed by atoms with Gasteiger partial charge in [0.05, 0.1) is 18.5 Å². The van der Waals surface area contributed by atoms with Crippen LogP contribution in [0.15, 0.2) is 24.7 Å². The number of aromatic nitrogens is 3. The molecule has 2 aromatic rings. The summed E-state index contributed by atoms with van der Waals surface area (Å²) in [5.41, 5.74) is 2.61. The molecule has 2 aromatic heterocycles. The van der Waals surface area contributed by atoms with Gasteiger partial charge in [-0.15, -0.1) is 0 Å². The van der Waals surface area contributed by atoms with Gasteiger partial charge in [0.1, 0.15) is 5.75 Å². The van der Waals surface area contributed by atoms with Crippen LogP contribution in [0.5, 0.6) is 5.75 Å². The topological polar surface area (TPSA) is 47.9 Å². The largest absolute Gasteiger partial charge is 0.492 e. The molecule has 0 unspecified atom stereocenters. The molecule has 94 valence electrons. The minimum Gasteiger partial charge on any atom is -0.492 e. The van der Waals surface area contributed by atoms with Crippen LogP contribution in [0, 0.1) is 6.92 Å². The van der Waals surface area contributed by atoms with Crippen molar-refractivity contribution in [1.82, 2.24) is 15.0 Å². The molecule has 0 bridgehead atoms. The Balaban J connectivity index is 2.35. The molecule has 5 heteroatoms. The van der Waals surface area contributed by atoms with Gasteiger partial charge in [0.25, 0.3) is 0 Å². The summed E-state index contributed by atoms with van der Waals surface area (Å²) in [4.78, 5) is 12.3. The molecule has 0 atom stereocenters. The van der Waals surface area contributed by atoms with Crippen molar-refractivity contribution < 1.29 is 4.74 Å². The predicted molar refractivity (Wildman–Crippen MR) is 70.8 cm³/mol. The Bertz CT molecular complexity index is 546. The summed E-state index contributed by atoms with van der Waals surface area (Å²) in [5, 5.41) is 0.232. The zero-order valence-electron chi connectivity index (χ0n) is 10.4. The average molecular weight is 264 g/mol. The molecule has 0 aromatic carbocycles. The first-order chi connectivity index (χ1) is 8.70. The highest BCUT2D eigenvalue weighted by atomic mass is 35.5. The molecular weight excluding hydrogens is 250 g/mol. The van der Waals surface area contributed by atoms with Crippen LogP contribution in [0.25, 0.3) is 11.3 Å². The second kappa shape index (κ2) is 5.78. The number of rotatable bonds is 4. The highest BCUT2D eigenvalue weighted by molar-refractivity contribution is 6.28. The molecule has 0 saturated carbocycles. The summed E-state index contributed by atoms with van der Waals surface area (Å²) >= 11 is 5.82. The summed E-state index contributed by atoms with van der Waals surface area (Å²) < 4.78 is 5.55. The van der Waals surface area contributed by atoms with Crippen LogP contribution in [0.4, 0.5) is 0 Å². The fourth-order valence-electron chi connectivity index (χ4n) is 1.56. The lowest BCUT2D eigenvalue weighted by Gasteiger charge is -2.07. The predicted octanol–water partition coefficient (Wildman–Crippen LogP) is 3.29. The van der Waals surface area contributed by atoms with Gasteiger partial charge in [0, 0.05) is 18.0 Å². The zero-order chi connectivity index (χ0) is 13.0. The third-order valence-corrected chi connectivity index (χ3v) is 2.58. The van der Waals surface area contributed by atoms with Crippen molar-refractivity contribution in [2.75, 3.05) is 6.61 Å². The van der Waals surface area contributed by atoms with E-state index in [-0.39, 0.29) is 5.28 Å². The van der Waals surface area contributed by atoms with Gasteiger partial charge in [-0.2, -0.15) is 0 Å². The third-order valence-electron chi connectivity index (χ3n) is 2.40. The number of hydrogen-bond acceptors (Lipinski definition) is 4. The van der Waals surface area contributed by atoms with Gasteiger partial charge in [-0.25, -0.2) is 9.97 Å². The van der Waals surface area contributed by atoms with E-state index >= 15 is 0 Å². The van der Waals surface area contributed by atoms with Gasteiger partial charge in [0.15, 0.2) is 0 Å². The van der Waals surface area contributed by atoms with Crippen LogP contribution >= 0.6 is 11.6 Å². The molecule has 0 spiro atoms. The maximum absolute atomic E-state index is 5.82. The Morgan fingerprint density at radius 1 is 1.28 bits per heavy atom. The first-order valence-electron chi connectivity index (χ1n) is 5.78. The molecule has 0 aliphatic rings. The van der Waals surface area contributed by atoms with E-state index in [0.717, 1.165) is 29.0 Å². The summed E-state index contributed by atoms with van der Waals surface area (Å²) in [6.45, 7) is 4.67. The van der Waals surface area contributed by atoms with E-state index in [1.807, 2.05) is 13.0 Å². The Morgan fingerprint density at radius 2 is 2.11 bits per heavy atom. The molecule has 0 radical (unpaired) electrons. The SMILES string of the molecule is CCCOc1cncc(-c2nc(Cl)ncc2C)c1.